The lowest BCUT2D eigenvalue weighted by atomic mass is 9.88. The summed E-state index contributed by atoms with van der Waals surface area (Å²) in [6.07, 6.45) is 3.11. The van der Waals surface area contributed by atoms with Crippen molar-refractivity contribution in [3.05, 3.63) is 24.0 Å². The van der Waals surface area contributed by atoms with Crippen molar-refractivity contribution in [2.75, 3.05) is 6.61 Å². The van der Waals surface area contributed by atoms with Gasteiger partial charge in [0.1, 0.15) is 0 Å². The van der Waals surface area contributed by atoms with E-state index in [-0.39, 0.29) is 18.4 Å². The minimum atomic E-state index is -0.953. The van der Waals surface area contributed by atoms with Crippen LogP contribution >= 0.6 is 0 Å². The van der Waals surface area contributed by atoms with Crippen LogP contribution in [0.5, 0.6) is 0 Å². The van der Waals surface area contributed by atoms with Crippen LogP contribution in [-0.2, 0) is 4.74 Å². The predicted octanol–water partition coefficient (Wildman–Crippen LogP) is -0.626. The van der Waals surface area contributed by atoms with E-state index in [0.717, 1.165) is 0 Å². The summed E-state index contributed by atoms with van der Waals surface area (Å²) in [5, 5.41) is 28.0. The topological polar surface area (TPSA) is 69.9 Å². The molecule has 3 N–H and O–H groups in total. The maximum absolute atomic E-state index is 9.54. The molecule has 1 aliphatic carbocycles. The molecule has 0 amide bonds. The zero-order valence-electron chi connectivity index (χ0n) is 7.00. The van der Waals surface area contributed by atoms with Gasteiger partial charge in [0.05, 0.1) is 24.9 Å². The number of aliphatic hydroxyl groups is 3. The smallest absolute Gasteiger partial charge is 0.203 e. The van der Waals surface area contributed by atoms with Crippen LogP contribution in [0.4, 0.5) is 0 Å². The van der Waals surface area contributed by atoms with Crippen molar-refractivity contribution in [2.45, 2.75) is 12.4 Å². The highest BCUT2D eigenvalue weighted by atomic mass is 16.6. The van der Waals surface area contributed by atoms with Gasteiger partial charge in [0.15, 0.2) is 0 Å². The highest BCUT2D eigenvalue weighted by Crippen LogP contribution is 2.38. The molecule has 2 aliphatic rings. The molecule has 0 radical (unpaired) electrons. The second kappa shape index (κ2) is 3.14. The van der Waals surface area contributed by atoms with Gasteiger partial charge in [0, 0.05) is 5.92 Å². The Morgan fingerprint density at radius 3 is 2.85 bits per heavy atom. The third-order valence-corrected chi connectivity index (χ3v) is 2.63. The number of rotatable bonds is 1. The molecule has 1 heterocycles. The van der Waals surface area contributed by atoms with Crippen molar-refractivity contribution in [2.24, 2.45) is 11.8 Å². The largest absolute Gasteiger partial charge is 0.472 e. The molecular weight excluding hydrogens is 172 g/mol. The first-order valence-electron chi connectivity index (χ1n) is 4.23. The summed E-state index contributed by atoms with van der Waals surface area (Å²) in [5.41, 5.74) is 0.648. The van der Waals surface area contributed by atoms with Crippen LogP contribution in [0.25, 0.3) is 0 Å². The summed E-state index contributed by atoms with van der Waals surface area (Å²) in [6, 6.07) is 0. The van der Waals surface area contributed by atoms with E-state index in [1.807, 2.05) is 0 Å². The van der Waals surface area contributed by atoms with E-state index in [0.29, 0.717) is 5.57 Å². The molecule has 4 nitrogen and oxygen atoms in total. The van der Waals surface area contributed by atoms with Gasteiger partial charge in [0.25, 0.3) is 0 Å². The highest BCUT2D eigenvalue weighted by molar-refractivity contribution is 5.25. The molecule has 72 valence electrons. The lowest BCUT2D eigenvalue weighted by Crippen LogP contribution is -2.34. The molecule has 0 aromatic heterocycles. The number of hydrogen-bond donors (Lipinski definition) is 3. The minimum Gasteiger partial charge on any atom is -0.472 e. The van der Waals surface area contributed by atoms with E-state index in [1.54, 1.807) is 12.2 Å². The van der Waals surface area contributed by atoms with Gasteiger partial charge in [-0.15, -0.1) is 0 Å². The number of fused-ring (bicyclic) bond motifs is 1. The molecule has 13 heavy (non-hydrogen) atoms. The molecule has 0 bridgehead atoms. The molecule has 0 saturated heterocycles. The Morgan fingerprint density at radius 1 is 1.38 bits per heavy atom. The molecule has 1 unspecified atom stereocenters. The van der Waals surface area contributed by atoms with Crippen LogP contribution in [0, 0.1) is 11.8 Å². The summed E-state index contributed by atoms with van der Waals surface area (Å²) >= 11 is 0. The molecule has 0 fully saturated rings. The molecule has 4 heteroatoms. The maximum Gasteiger partial charge on any atom is 0.203 e. The first-order chi connectivity index (χ1) is 6.24. The van der Waals surface area contributed by atoms with E-state index >= 15 is 0 Å². The fourth-order valence-corrected chi connectivity index (χ4v) is 1.97. The average molecular weight is 184 g/mol. The van der Waals surface area contributed by atoms with Crippen molar-refractivity contribution in [1.82, 2.24) is 0 Å². The summed E-state index contributed by atoms with van der Waals surface area (Å²) in [6.45, 7) is -0.146. The van der Waals surface area contributed by atoms with Crippen LogP contribution in [0.2, 0.25) is 0 Å². The van der Waals surface area contributed by atoms with Gasteiger partial charge in [-0.25, -0.2) is 0 Å². The zero-order valence-corrected chi connectivity index (χ0v) is 7.00. The van der Waals surface area contributed by atoms with E-state index in [1.165, 1.54) is 6.26 Å². The van der Waals surface area contributed by atoms with Crippen LogP contribution in [-0.4, -0.2) is 34.3 Å². The fourth-order valence-electron chi connectivity index (χ4n) is 1.97. The second-order valence-electron chi connectivity index (χ2n) is 3.35. The van der Waals surface area contributed by atoms with Gasteiger partial charge in [0.2, 0.25) is 6.29 Å². The maximum atomic E-state index is 9.54. The second-order valence-corrected chi connectivity index (χ2v) is 3.35. The number of ether oxygens (including phenoxy) is 1. The Kier molecular flexibility index (Phi) is 2.11. The number of aliphatic hydroxyl groups excluding tert-OH is 3. The molecule has 0 saturated carbocycles. The van der Waals surface area contributed by atoms with Crippen LogP contribution < -0.4 is 0 Å². The Labute approximate surface area is 75.8 Å². The molecule has 2 rings (SSSR count). The van der Waals surface area contributed by atoms with Gasteiger partial charge >= 0.3 is 0 Å². The van der Waals surface area contributed by atoms with Gasteiger partial charge in [-0.05, 0) is 11.6 Å². The SMILES string of the molecule is OCC1=CC(O)[C@@H]2C=CO[C@@H](O)[C@H]12. The van der Waals surface area contributed by atoms with E-state index in [4.69, 9.17) is 9.84 Å². The van der Waals surface area contributed by atoms with Crippen molar-refractivity contribution in [3.63, 3.8) is 0 Å². The van der Waals surface area contributed by atoms with Crippen molar-refractivity contribution < 1.29 is 20.1 Å². The molecule has 0 aromatic carbocycles. The van der Waals surface area contributed by atoms with Crippen molar-refractivity contribution in [3.8, 4) is 0 Å². The third-order valence-electron chi connectivity index (χ3n) is 2.63. The van der Waals surface area contributed by atoms with Crippen LogP contribution in [0.3, 0.4) is 0 Å². The highest BCUT2D eigenvalue weighted by Gasteiger charge is 2.41. The molecule has 1 aliphatic heterocycles. The zero-order chi connectivity index (χ0) is 9.42. The normalized spacial score (nSPS) is 42.5. The van der Waals surface area contributed by atoms with Gasteiger partial charge in [-0.3, -0.25) is 0 Å². The molecular formula is C9H12O4. The monoisotopic (exact) mass is 184 g/mol. The van der Waals surface area contributed by atoms with Gasteiger partial charge in [-0.1, -0.05) is 6.08 Å². The number of hydrogen-bond acceptors (Lipinski definition) is 4. The standard InChI is InChI=1S/C9H12O4/c10-4-5-3-7(11)6-1-2-13-9(12)8(5)6/h1-3,6-12H,4H2/t6-,7?,8+,9+/m0/s1. The summed E-state index contributed by atoms with van der Waals surface area (Å²) < 4.78 is 4.88. The lowest BCUT2D eigenvalue weighted by molar-refractivity contribution is -0.108. The Bertz CT molecular complexity index is 258. The lowest BCUT2D eigenvalue weighted by Gasteiger charge is -2.29. The van der Waals surface area contributed by atoms with E-state index in [2.05, 4.69) is 0 Å². The van der Waals surface area contributed by atoms with E-state index in [9.17, 15) is 10.2 Å². The summed E-state index contributed by atoms with van der Waals surface area (Å²) in [7, 11) is 0. The first kappa shape index (κ1) is 8.74. The quantitative estimate of drug-likeness (QED) is 0.475. The third kappa shape index (κ3) is 1.27. The predicted molar refractivity (Wildman–Crippen MR) is 44.4 cm³/mol. The van der Waals surface area contributed by atoms with Crippen molar-refractivity contribution >= 4 is 0 Å². The fraction of sp³-hybridized carbons (Fsp3) is 0.556. The first-order valence-corrected chi connectivity index (χ1v) is 4.23. The minimum absolute atomic E-state index is 0.146. The molecule has 0 aromatic rings. The Morgan fingerprint density at radius 2 is 2.15 bits per heavy atom. The summed E-state index contributed by atoms with van der Waals surface area (Å²) in [5.74, 6) is -0.462. The average Bonchev–Trinajstić information content (AvgIpc) is 2.45. The molecule has 0 spiro atoms. The van der Waals surface area contributed by atoms with E-state index < -0.39 is 12.4 Å². The summed E-state index contributed by atoms with van der Waals surface area (Å²) in [4.78, 5) is 0. The van der Waals surface area contributed by atoms with Gasteiger partial charge < -0.3 is 20.1 Å². The van der Waals surface area contributed by atoms with Crippen LogP contribution in [0.15, 0.2) is 24.0 Å². The Hall–Kier alpha value is -0.840. The van der Waals surface area contributed by atoms with Crippen molar-refractivity contribution in [1.29, 1.82) is 0 Å². The van der Waals surface area contributed by atoms with Gasteiger partial charge in [-0.2, -0.15) is 0 Å². The van der Waals surface area contributed by atoms with Crippen LogP contribution in [0.1, 0.15) is 0 Å². The molecule has 4 atom stereocenters. The Balaban J connectivity index is 2.27.